The molecule has 11 heteroatoms. The summed E-state index contributed by atoms with van der Waals surface area (Å²) in [5.74, 6) is 1.24. The number of hydrogen-bond donors (Lipinski definition) is 5. The lowest BCUT2D eigenvalue weighted by molar-refractivity contribution is -0.0364. The zero-order chi connectivity index (χ0) is 23.8. The van der Waals surface area contributed by atoms with Gasteiger partial charge in [0.25, 0.3) is 5.56 Å². The van der Waals surface area contributed by atoms with Crippen LogP contribution in [0.1, 0.15) is 57.2 Å². The Labute approximate surface area is 192 Å². The van der Waals surface area contributed by atoms with Crippen LogP contribution in [0, 0.1) is 6.92 Å². The van der Waals surface area contributed by atoms with Gasteiger partial charge in [0, 0.05) is 30.9 Å². The summed E-state index contributed by atoms with van der Waals surface area (Å²) in [5.41, 5.74) is -0.928. The quantitative estimate of drug-likeness (QED) is 0.292. The lowest BCUT2D eigenvalue weighted by Gasteiger charge is -2.17. The highest BCUT2D eigenvalue weighted by Crippen LogP contribution is 2.28. The molecule has 1 saturated heterocycles. The fraction of sp³-hybridized carbons (Fsp3) is 0.636. The molecule has 0 aliphatic carbocycles. The number of rotatable bonds is 12. The van der Waals surface area contributed by atoms with Crippen LogP contribution in [0.5, 0.6) is 0 Å². The predicted octanol–water partition coefficient (Wildman–Crippen LogP) is 1.14. The van der Waals surface area contributed by atoms with Crippen molar-refractivity contribution in [3.05, 3.63) is 45.0 Å². The number of unbranched alkanes of at least 4 members (excludes halogenated alkanes) is 5. The smallest absolute Gasteiger partial charge is 0.330 e. The van der Waals surface area contributed by atoms with Crippen LogP contribution in [0.3, 0.4) is 0 Å². The number of aromatic nitrogens is 4. The molecule has 0 spiro atoms. The second-order valence-electron chi connectivity index (χ2n) is 8.39. The molecule has 5 N–H and O–H groups in total. The molecule has 1 aliphatic rings. The number of ether oxygens (including phenoxy) is 1. The van der Waals surface area contributed by atoms with E-state index in [0.29, 0.717) is 17.2 Å². The van der Waals surface area contributed by atoms with Crippen molar-refractivity contribution in [1.82, 2.24) is 19.5 Å². The Kier molecular flexibility index (Phi) is 8.98. The summed E-state index contributed by atoms with van der Waals surface area (Å²) in [7, 11) is 0. The van der Waals surface area contributed by atoms with Gasteiger partial charge in [0.2, 0.25) is 0 Å². The van der Waals surface area contributed by atoms with Gasteiger partial charge < -0.3 is 25.6 Å². The van der Waals surface area contributed by atoms with Crippen molar-refractivity contribution in [3.63, 3.8) is 0 Å². The van der Waals surface area contributed by atoms with Crippen LogP contribution < -0.4 is 21.9 Å². The summed E-state index contributed by atoms with van der Waals surface area (Å²) in [5, 5.41) is 27.2. The molecule has 1 aliphatic heterocycles. The lowest BCUT2D eigenvalue weighted by atomic mass is 10.1. The number of aliphatic hydroxyl groups is 2. The van der Waals surface area contributed by atoms with E-state index in [2.05, 4.69) is 32.5 Å². The molecular weight excluding hydrogens is 428 g/mol. The van der Waals surface area contributed by atoms with E-state index in [-0.39, 0.29) is 6.54 Å². The van der Waals surface area contributed by atoms with Crippen LogP contribution in [0.15, 0.2) is 28.2 Å². The molecule has 0 amide bonds. The van der Waals surface area contributed by atoms with E-state index in [9.17, 15) is 19.8 Å². The highest BCUT2D eigenvalue weighted by atomic mass is 16.6. The topological polar surface area (TPSA) is 154 Å². The third kappa shape index (κ3) is 6.62. The Balaban J connectivity index is 1.52. The summed E-state index contributed by atoms with van der Waals surface area (Å²) >= 11 is 0. The number of aliphatic hydroxyl groups excluding tert-OH is 2. The monoisotopic (exact) mass is 462 g/mol. The third-order valence-corrected chi connectivity index (χ3v) is 5.75. The Hall–Kier alpha value is -2.76. The number of anilines is 2. The maximum atomic E-state index is 12.1. The molecule has 0 radical (unpaired) electrons. The van der Waals surface area contributed by atoms with Crippen LogP contribution >= 0.6 is 0 Å². The highest BCUT2D eigenvalue weighted by Gasteiger charge is 2.44. The first-order valence-electron chi connectivity index (χ1n) is 11.5. The highest BCUT2D eigenvalue weighted by molar-refractivity contribution is 5.46. The van der Waals surface area contributed by atoms with Gasteiger partial charge in [-0.25, -0.2) is 14.8 Å². The van der Waals surface area contributed by atoms with Gasteiger partial charge in [0.05, 0.1) is 0 Å². The van der Waals surface area contributed by atoms with Gasteiger partial charge in [-0.1, -0.05) is 39.0 Å². The molecule has 4 atom stereocenters. The summed E-state index contributed by atoms with van der Waals surface area (Å²) in [6.45, 7) is 4.73. The summed E-state index contributed by atoms with van der Waals surface area (Å²) in [6.07, 6.45) is 5.58. The Morgan fingerprint density at radius 3 is 2.52 bits per heavy atom. The first-order chi connectivity index (χ1) is 15.9. The van der Waals surface area contributed by atoms with Crippen molar-refractivity contribution in [1.29, 1.82) is 0 Å². The van der Waals surface area contributed by atoms with Gasteiger partial charge in [-0.05, 0) is 13.3 Å². The van der Waals surface area contributed by atoms with Gasteiger partial charge in [-0.3, -0.25) is 14.3 Å². The van der Waals surface area contributed by atoms with Crippen molar-refractivity contribution in [2.45, 2.75) is 76.9 Å². The molecule has 0 bridgehead atoms. The molecule has 182 valence electrons. The van der Waals surface area contributed by atoms with Crippen LogP contribution in [0.25, 0.3) is 0 Å². The molecule has 3 heterocycles. The average molecular weight is 463 g/mol. The minimum absolute atomic E-state index is 0.152. The SMILES string of the molecule is CCCCCCCCNc1cc(NC[C@H]2O[C@@H](n3cc(C)c(=O)[nH]c3=O)[C@H](O)[C@@H]2O)ncn1. The molecule has 3 rings (SSSR count). The van der Waals surface area contributed by atoms with E-state index in [1.807, 2.05) is 0 Å². The normalized spacial score (nSPS) is 22.4. The van der Waals surface area contributed by atoms with E-state index in [1.54, 1.807) is 13.0 Å². The van der Waals surface area contributed by atoms with E-state index in [4.69, 9.17) is 4.74 Å². The summed E-state index contributed by atoms with van der Waals surface area (Å²) in [6, 6.07) is 1.77. The molecule has 0 aromatic carbocycles. The number of hydrogen-bond acceptors (Lipinski definition) is 9. The average Bonchev–Trinajstić information content (AvgIpc) is 3.08. The van der Waals surface area contributed by atoms with Crippen molar-refractivity contribution >= 4 is 11.6 Å². The second-order valence-corrected chi connectivity index (χ2v) is 8.39. The Morgan fingerprint density at radius 1 is 1.06 bits per heavy atom. The van der Waals surface area contributed by atoms with E-state index in [1.165, 1.54) is 44.6 Å². The van der Waals surface area contributed by atoms with Crippen LogP contribution in [-0.2, 0) is 4.74 Å². The number of aryl methyl sites for hydroxylation is 1. The van der Waals surface area contributed by atoms with Crippen molar-refractivity contribution < 1.29 is 14.9 Å². The molecule has 0 unspecified atom stereocenters. The molecule has 11 nitrogen and oxygen atoms in total. The number of H-pyrrole nitrogens is 1. The van der Waals surface area contributed by atoms with Crippen LogP contribution in [0.4, 0.5) is 11.6 Å². The summed E-state index contributed by atoms with van der Waals surface area (Å²) in [4.78, 5) is 34.3. The first-order valence-corrected chi connectivity index (χ1v) is 11.5. The molecule has 2 aromatic heterocycles. The van der Waals surface area contributed by atoms with E-state index < -0.39 is 35.8 Å². The van der Waals surface area contributed by atoms with Crippen LogP contribution in [-0.4, -0.2) is 61.1 Å². The third-order valence-electron chi connectivity index (χ3n) is 5.75. The molecule has 1 fully saturated rings. The van der Waals surface area contributed by atoms with Gasteiger partial charge in [0.1, 0.15) is 36.3 Å². The number of nitrogens with zero attached hydrogens (tertiary/aromatic N) is 3. The zero-order valence-corrected chi connectivity index (χ0v) is 19.2. The van der Waals surface area contributed by atoms with Gasteiger partial charge >= 0.3 is 5.69 Å². The van der Waals surface area contributed by atoms with E-state index in [0.717, 1.165) is 17.5 Å². The number of nitrogens with one attached hydrogen (secondary N) is 3. The molecular formula is C22H34N6O5. The second kappa shape index (κ2) is 11.9. The summed E-state index contributed by atoms with van der Waals surface area (Å²) < 4.78 is 6.82. The maximum absolute atomic E-state index is 12.1. The van der Waals surface area contributed by atoms with Crippen molar-refractivity contribution in [3.8, 4) is 0 Å². The zero-order valence-electron chi connectivity index (χ0n) is 19.2. The maximum Gasteiger partial charge on any atom is 0.330 e. The van der Waals surface area contributed by atoms with Gasteiger partial charge in [-0.2, -0.15) is 0 Å². The van der Waals surface area contributed by atoms with Gasteiger partial charge in [-0.15, -0.1) is 0 Å². The predicted molar refractivity (Wildman–Crippen MR) is 124 cm³/mol. The van der Waals surface area contributed by atoms with Crippen LogP contribution in [0.2, 0.25) is 0 Å². The van der Waals surface area contributed by atoms with E-state index >= 15 is 0 Å². The molecule has 2 aromatic rings. The minimum atomic E-state index is -1.33. The fourth-order valence-corrected chi connectivity index (χ4v) is 3.78. The minimum Gasteiger partial charge on any atom is -0.387 e. The first kappa shape index (κ1) is 24.9. The lowest BCUT2D eigenvalue weighted by Crippen LogP contribution is -2.38. The standard InChI is InChI=1S/C22H34N6O5/c1-3-4-5-6-7-8-9-23-16-10-17(26-13-25-16)24-11-15-18(29)19(30)21(33-15)28-12-14(2)20(31)27-22(28)32/h10,12-13,15,18-19,21,29-30H,3-9,11H2,1-2H3,(H,27,31,32)(H2,23,24,25,26)/t15-,18-,19-,21-/m1/s1. The molecule has 33 heavy (non-hydrogen) atoms. The van der Waals surface area contributed by atoms with Crippen molar-refractivity contribution in [2.24, 2.45) is 0 Å². The fourth-order valence-electron chi connectivity index (χ4n) is 3.78. The largest absolute Gasteiger partial charge is 0.387 e. The van der Waals surface area contributed by atoms with Gasteiger partial charge in [0.15, 0.2) is 6.23 Å². The Bertz CT molecular complexity index is 1010. The number of aromatic amines is 1. The van der Waals surface area contributed by atoms with Crippen molar-refractivity contribution in [2.75, 3.05) is 23.7 Å². The molecule has 0 saturated carbocycles. The Morgan fingerprint density at radius 2 is 1.76 bits per heavy atom.